The minimum absolute atomic E-state index is 0.0667. The van der Waals surface area contributed by atoms with E-state index in [1.165, 1.54) is 11.8 Å². The van der Waals surface area contributed by atoms with Crippen LogP contribution in [0, 0.1) is 0 Å². The molecule has 0 bridgehead atoms. The molecule has 0 aromatic heterocycles. The molecule has 1 heterocycles. The number of rotatable bonds is 18. The number of guanidine groups is 2. The van der Waals surface area contributed by atoms with Gasteiger partial charge in [-0.1, -0.05) is 78.9 Å². The Balaban J connectivity index is 1.64. The number of carbonyl (C=O) groups excluding carboxylic acids is 5. The number of primary amides is 1. The summed E-state index contributed by atoms with van der Waals surface area (Å²) in [6.45, 7) is 1.77. The van der Waals surface area contributed by atoms with E-state index in [2.05, 4.69) is 25.9 Å². The summed E-state index contributed by atoms with van der Waals surface area (Å²) >= 11 is 0. The Labute approximate surface area is 320 Å². The van der Waals surface area contributed by atoms with E-state index in [0.29, 0.717) is 6.42 Å². The van der Waals surface area contributed by atoms with Crippen LogP contribution in [0.15, 0.2) is 88.8 Å². The number of amides is 5. The SMILES string of the molecule is CC(=O)N[C@@H](CCCN=C(N)N)C(=O)N[C@@H](CCCN=C(N)N)C(=O)N[C@H](Cc1ccc(-c2ccccc2)cc1)C(=O)N1Cc2ccccc2C[C@H]1C(N)=O. The smallest absolute Gasteiger partial charge is 0.246 e. The Morgan fingerprint density at radius 2 is 1.18 bits per heavy atom. The maximum Gasteiger partial charge on any atom is 0.246 e. The molecule has 55 heavy (non-hydrogen) atoms. The second kappa shape index (κ2) is 20.1. The molecule has 0 unspecified atom stereocenters. The molecular formula is C39H51N11O5. The van der Waals surface area contributed by atoms with Crippen LogP contribution in [0.5, 0.6) is 0 Å². The lowest BCUT2D eigenvalue weighted by Crippen LogP contribution is -2.60. The van der Waals surface area contributed by atoms with Gasteiger partial charge in [-0.25, -0.2) is 0 Å². The van der Waals surface area contributed by atoms with E-state index in [4.69, 9.17) is 28.7 Å². The predicted octanol–water partition coefficient (Wildman–Crippen LogP) is -0.0836. The summed E-state index contributed by atoms with van der Waals surface area (Å²) in [5, 5.41) is 8.25. The van der Waals surface area contributed by atoms with Crippen LogP contribution in [0.2, 0.25) is 0 Å². The number of aliphatic imine (C=N–C) groups is 2. The van der Waals surface area contributed by atoms with Crippen LogP contribution in [0.1, 0.15) is 49.3 Å². The highest BCUT2D eigenvalue weighted by Crippen LogP contribution is 2.25. The van der Waals surface area contributed by atoms with Crippen molar-refractivity contribution < 1.29 is 24.0 Å². The van der Waals surface area contributed by atoms with E-state index in [-0.39, 0.29) is 63.7 Å². The molecule has 3 aromatic carbocycles. The molecule has 3 aromatic rings. The highest BCUT2D eigenvalue weighted by atomic mass is 16.2. The first kappa shape index (κ1) is 41.3. The molecule has 16 heteroatoms. The van der Waals surface area contributed by atoms with Gasteiger partial charge in [0.25, 0.3) is 0 Å². The molecule has 4 rings (SSSR count). The maximum absolute atomic E-state index is 14.6. The Morgan fingerprint density at radius 3 is 1.73 bits per heavy atom. The number of benzene rings is 3. The van der Waals surface area contributed by atoms with Crippen LogP contribution >= 0.6 is 0 Å². The third-order valence-corrected chi connectivity index (χ3v) is 9.19. The molecule has 4 atom stereocenters. The van der Waals surface area contributed by atoms with E-state index < -0.39 is 53.7 Å². The summed E-state index contributed by atoms with van der Waals surface area (Å²) in [5.74, 6) is -3.16. The molecule has 5 amide bonds. The van der Waals surface area contributed by atoms with Crippen LogP contribution in [0.3, 0.4) is 0 Å². The van der Waals surface area contributed by atoms with Gasteiger partial charge < -0.3 is 49.5 Å². The molecule has 0 fully saturated rings. The molecule has 1 aliphatic heterocycles. The number of carbonyl (C=O) groups is 5. The van der Waals surface area contributed by atoms with Crippen LogP contribution in [0.4, 0.5) is 0 Å². The van der Waals surface area contributed by atoms with Crippen LogP contribution in [-0.4, -0.2) is 83.6 Å². The van der Waals surface area contributed by atoms with Gasteiger partial charge in [0.05, 0.1) is 0 Å². The monoisotopic (exact) mass is 753 g/mol. The van der Waals surface area contributed by atoms with Crippen molar-refractivity contribution in [3.05, 3.63) is 95.6 Å². The van der Waals surface area contributed by atoms with Gasteiger partial charge in [-0.05, 0) is 53.5 Å². The minimum atomic E-state index is -1.17. The molecule has 1 aliphatic rings. The molecule has 16 nitrogen and oxygen atoms in total. The number of nitrogens with one attached hydrogen (secondary N) is 3. The Hall–Kier alpha value is -6.45. The highest BCUT2D eigenvalue weighted by Gasteiger charge is 2.38. The molecule has 292 valence electrons. The summed E-state index contributed by atoms with van der Waals surface area (Å²) in [6.07, 6.45) is 1.20. The number of fused-ring (bicyclic) bond motifs is 1. The van der Waals surface area contributed by atoms with Crippen molar-refractivity contribution in [2.75, 3.05) is 13.1 Å². The zero-order chi connectivity index (χ0) is 39.9. The average Bonchev–Trinajstić information content (AvgIpc) is 3.16. The van der Waals surface area contributed by atoms with Gasteiger partial charge in [0.15, 0.2) is 11.9 Å². The van der Waals surface area contributed by atoms with Gasteiger partial charge in [0.1, 0.15) is 24.2 Å². The lowest BCUT2D eigenvalue weighted by molar-refractivity contribution is -0.144. The van der Waals surface area contributed by atoms with Gasteiger partial charge in [-0.15, -0.1) is 0 Å². The second-order valence-corrected chi connectivity index (χ2v) is 13.4. The summed E-state index contributed by atoms with van der Waals surface area (Å²) in [6, 6.07) is 20.6. The molecule has 0 radical (unpaired) electrons. The maximum atomic E-state index is 14.6. The number of hydrogen-bond acceptors (Lipinski definition) is 7. The van der Waals surface area contributed by atoms with Crippen LogP contribution in [0.25, 0.3) is 11.1 Å². The number of hydrogen-bond donors (Lipinski definition) is 8. The van der Waals surface area contributed by atoms with Crippen molar-refractivity contribution in [3.8, 4) is 11.1 Å². The van der Waals surface area contributed by atoms with Gasteiger partial charge in [-0.2, -0.15) is 0 Å². The van der Waals surface area contributed by atoms with Gasteiger partial charge in [0.2, 0.25) is 29.5 Å². The van der Waals surface area contributed by atoms with Crippen molar-refractivity contribution in [3.63, 3.8) is 0 Å². The molecule has 13 N–H and O–H groups in total. The fourth-order valence-electron chi connectivity index (χ4n) is 6.44. The van der Waals surface area contributed by atoms with Crippen LogP contribution < -0.4 is 44.6 Å². The molecule has 0 saturated carbocycles. The summed E-state index contributed by atoms with van der Waals surface area (Å²) < 4.78 is 0. The lowest BCUT2D eigenvalue weighted by Gasteiger charge is -2.37. The molecule has 0 aliphatic carbocycles. The quantitative estimate of drug-likeness (QED) is 0.0489. The number of nitrogens with two attached hydrogens (primary N) is 5. The van der Waals surface area contributed by atoms with Crippen molar-refractivity contribution in [2.24, 2.45) is 38.7 Å². The van der Waals surface area contributed by atoms with Crippen molar-refractivity contribution in [1.29, 1.82) is 0 Å². The fourth-order valence-corrected chi connectivity index (χ4v) is 6.44. The van der Waals surface area contributed by atoms with Crippen molar-refractivity contribution in [2.45, 2.75) is 76.2 Å². The molecule has 0 saturated heterocycles. The van der Waals surface area contributed by atoms with Crippen LogP contribution in [-0.2, 0) is 43.4 Å². The van der Waals surface area contributed by atoms with E-state index >= 15 is 0 Å². The Kier molecular flexibility index (Phi) is 15.1. The highest BCUT2D eigenvalue weighted by molar-refractivity contribution is 5.95. The first-order valence-electron chi connectivity index (χ1n) is 18.1. The Morgan fingerprint density at radius 1 is 0.673 bits per heavy atom. The zero-order valence-corrected chi connectivity index (χ0v) is 30.9. The van der Waals surface area contributed by atoms with Gasteiger partial charge in [-0.3, -0.25) is 34.0 Å². The number of nitrogens with zero attached hydrogens (tertiary/aromatic N) is 3. The van der Waals surface area contributed by atoms with Gasteiger partial charge in [0, 0.05) is 39.4 Å². The topological polar surface area (TPSA) is 280 Å². The average molecular weight is 754 g/mol. The normalized spacial score (nSPS) is 14.9. The predicted molar refractivity (Wildman–Crippen MR) is 211 cm³/mol. The fraction of sp³-hybridized carbons (Fsp3) is 0.359. The van der Waals surface area contributed by atoms with E-state index in [1.54, 1.807) is 0 Å². The van der Waals surface area contributed by atoms with E-state index in [0.717, 1.165) is 27.8 Å². The van der Waals surface area contributed by atoms with E-state index in [1.807, 2.05) is 78.9 Å². The molecular weight excluding hydrogens is 703 g/mol. The van der Waals surface area contributed by atoms with E-state index in [9.17, 15) is 24.0 Å². The Bertz CT molecular complexity index is 1860. The largest absolute Gasteiger partial charge is 0.370 e. The lowest BCUT2D eigenvalue weighted by atomic mass is 9.92. The van der Waals surface area contributed by atoms with Crippen molar-refractivity contribution in [1.82, 2.24) is 20.9 Å². The summed E-state index contributed by atoms with van der Waals surface area (Å²) in [7, 11) is 0. The first-order valence-corrected chi connectivity index (χ1v) is 18.1. The summed E-state index contributed by atoms with van der Waals surface area (Å²) in [5.41, 5.74) is 32.2. The third kappa shape index (κ3) is 12.6. The second-order valence-electron chi connectivity index (χ2n) is 13.4. The molecule has 0 spiro atoms. The van der Waals surface area contributed by atoms with Crippen molar-refractivity contribution >= 4 is 41.5 Å². The third-order valence-electron chi connectivity index (χ3n) is 9.19. The van der Waals surface area contributed by atoms with Gasteiger partial charge >= 0.3 is 0 Å². The first-order chi connectivity index (χ1) is 26.3. The standard InChI is InChI=1S/C39H51N11O5/c1-24(51)47-30(13-7-19-45-38(41)42)35(53)48-31(14-8-20-46-39(43)44)36(54)49-32(21-25-15-17-27(18-16-25)26-9-3-2-4-10-26)37(55)50-23-29-12-6-5-11-28(29)22-33(50)34(40)52/h2-6,9-12,15-18,30-33H,7-8,13-14,19-23H2,1H3,(H2,40,52)(H,47,51)(H,48,53)(H,49,54)(H4,41,42,45)(H4,43,44,46)/t30-,31-,32+,33-/m0/s1. The zero-order valence-electron chi connectivity index (χ0n) is 30.9. The minimum Gasteiger partial charge on any atom is -0.370 e. The summed E-state index contributed by atoms with van der Waals surface area (Å²) in [4.78, 5) is 76.5.